The Hall–Kier alpha value is -2.09. The molecule has 2 atom stereocenters. The number of hydrogen-bond donors (Lipinski definition) is 0. The molecule has 2 aromatic rings. The van der Waals surface area contributed by atoms with Gasteiger partial charge in [0.2, 0.25) is 5.88 Å². The Morgan fingerprint density at radius 1 is 1.39 bits per heavy atom. The molecule has 28 heavy (non-hydrogen) atoms. The van der Waals surface area contributed by atoms with Crippen LogP contribution in [0.1, 0.15) is 46.2 Å². The molecule has 0 saturated heterocycles. The zero-order chi connectivity index (χ0) is 20.9. The molecule has 2 heterocycles. The van der Waals surface area contributed by atoms with Crippen LogP contribution >= 0.6 is 11.6 Å². The molecule has 8 nitrogen and oxygen atoms in total. The van der Waals surface area contributed by atoms with Gasteiger partial charge in [0, 0.05) is 16.9 Å². The fraction of sp³-hybridized carbons (Fsp3) is 0.556. The number of halogens is 1. The molecular formula is C18H24ClN5O3S. The molecule has 0 spiro atoms. The second-order valence-electron chi connectivity index (χ2n) is 6.81. The third-order valence-corrected chi connectivity index (χ3v) is 6.68. The third kappa shape index (κ3) is 5.25. The molecule has 2 rings (SSSR count). The number of azide groups is 1. The number of nitrogens with zero attached hydrogens (tertiary/aromatic N) is 5. The average Bonchev–Trinajstić information content (AvgIpc) is 2.66. The molecule has 0 radical (unpaired) electrons. The number of rotatable bonds is 9. The average molecular weight is 426 g/mol. The molecule has 0 N–H and O–H groups in total. The SMILES string of the molecule is CC[C@@](C)(N=[N+]=[N-])c1cc2cc(Cl)ncc2c(O[C@H](C)CCS(=O)(=O)CC)n1. The van der Waals surface area contributed by atoms with Crippen LogP contribution in [0.4, 0.5) is 0 Å². The molecule has 0 aromatic carbocycles. The van der Waals surface area contributed by atoms with Crippen LogP contribution in [0, 0.1) is 0 Å². The monoisotopic (exact) mass is 425 g/mol. The number of sulfone groups is 1. The Balaban J connectivity index is 2.47. The van der Waals surface area contributed by atoms with E-state index in [1.165, 1.54) is 0 Å². The third-order valence-electron chi connectivity index (χ3n) is 4.74. The molecule has 0 bridgehead atoms. The number of hydrogen-bond acceptors (Lipinski definition) is 6. The summed E-state index contributed by atoms with van der Waals surface area (Å²) in [5.74, 6) is 0.447. The highest BCUT2D eigenvalue weighted by Gasteiger charge is 2.27. The van der Waals surface area contributed by atoms with Crippen LogP contribution < -0.4 is 4.74 Å². The van der Waals surface area contributed by atoms with Gasteiger partial charge in [-0.15, -0.1) is 0 Å². The first-order valence-electron chi connectivity index (χ1n) is 9.04. The zero-order valence-corrected chi connectivity index (χ0v) is 18.0. The minimum Gasteiger partial charge on any atom is -0.474 e. The summed E-state index contributed by atoms with van der Waals surface area (Å²) in [6.07, 6.45) is 2.07. The molecule has 0 amide bonds. The molecule has 0 fully saturated rings. The maximum Gasteiger partial charge on any atom is 0.223 e. The second-order valence-corrected chi connectivity index (χ2v) is 9.67. The number of pyridine rings is 2. The highest BCUT2D eigenvalue weighted by atomic mass is 35.5. The lowest BCUT2D eigenvalue weighted by molar-refractivity contribution is 0.210. The molecule has 0 aliphatic rings. The van der Waals surface area contributed by atoms with Gasteiger partial charge in [0.05, 0.1) is 28.5 Å². The smallest absolute Gasteiger partial charge is 0.223 e. The fourth-order valence-corrected chi connectivity index (χ4v) is 3.74. The van der Waals surface area contributed by atoms with Crippen molar-refractivity contribution in [2.24, 2.45) is 5.11 Å². The largest absolute Gasteiger partial charge is 0.474 e. The lowest BCUT2D eigenvalue weighted by Gasteiger charge is -2.23. The van der Waals surface area contributed by atoms with E-state index in [1.807, 2.05) is 6.92 Å². The summed E-state index contributed by atoms with van der Waals surface area (Å²) < 4.78 is 29.5. The van der Waals surface area contributed by atoms with Gasteiger partial charge in [-0.25, -0.2) is 18.4 Å². The quantitative estimate of drug-likeness (QED) is 0.247. The van der Waals surface area contributed by atoms with E-state index < -0.39 is 15.4 Å². The van der Waals surface area contributed by atoms with Crippen molar-refractivity contribution in [1.29, 1.82) is 0 Å². The summed E-state index contributed by atoms with van der Waals surface area (Å²) in [7, 11) is -3.08. The molecule has 152 valence electrons. The molecule has 0 aliphatic heterocycles. The van der Waals surface area contributed by atoms with Crippen molar-refractivity contribution in [2.45, 2.75) is 52.2 Å². The number of aromatic nitrogens is 2. The summed E-state index contributed by atoms with van der Waals surface area (Å²) in [5, 5.41) is 5.63. The summed E-state index contributed by atoms with van der Waals surface area (Å²) in [6, 6.07) is 3.49. The van der Waals surface area contributed by atoms with Gasteiger partial charge in [-0.2, -0.15) is 0 Å². The van der Waals surface area contributed by atoms with Gasteiger partial charge < -0.3 is 4.74 Å². The standard InChI is InChI=1S/C18H24ClN5O3S/c1-5-18(4,23-24-20)15-9-13-10-16(19)21-11-14(13)17(22-15)27-12(3)7-8-28(25,26)6-2/h9-12H,5-8H2,1-4H3/t12-,18-/m1/s1. The Bertz CT molecular complexity index is 1010. The van der Waals surface area contributed by atoms with Crippen LogP contribution in [0.15, 0.2) is 23.4 Å². The van der Waals surface area contributed by atoms with Gasteiger partial charge in [0.25, 0.3) is 0 Å². The van der Waals surface area contributed by atoms with E-state index >= 15 is 0 Å². The van der Waals surface area contributed by atoms with E-state index in [-0.39, 0.29) is 17.6 Å². The predicted molar refractivity (Wildman–Crippen MR) is 110 cm³/mol. The molecule has 0 unspecified atom stereocenters. The van der Waals surface area contributed by atoms with Crippen molar-refractivity contribution < 1.29 is 13.2 Å². The van der Waals surface area contributed by atoms with Crippen molar-refractivity contribution in [2.75, 3.05) is 11.5 Å². The van der Waals surface area contributed by atoms with Crippen molar-refractivity contribution in [3.05, 3.63) is 39.6 Å². The van der Waals surface area contributed by atoms with E-state index in [9.17, 15) is 8.42 Å². The molecule has 0 aliphatic carbocycles. The fourth-order valence-electron chi connectivity index (χ4n) is 2.60. The number of fused-ring (bicyclic) bond motifs is 1. The molecule has 0 saturated carbocycles. The first-order valence-corrected chi connectivity index (χ1v) is 11.2. The maximum absolute atomic E-state index is 11.8. The van der Waals surface area contributed by atoms with E-state index in [2.05, 4.69) is 20.0 Å². The Morgan fingerprint density at radius 2 is 2.11 bits per heavy atom. The Morgan fingerprint density at radius 3 is 2.71 bits per heavy atom. The van der Waals surface area contributed by atoms with Crippen LogP contribution in [-0.4, -0.2) is 36.0 Å². The topological polar surface area (TPSA) is 118 Å². The zero-order valence-electron chi connectivity index (χ0n) is 16.4. The van der Waals surface area contributed by atoms with Gasteiger partial charge in [-0.3, -0.25) is 0 Å². The molecule has 2 aromatic heterocycles. The first-order chi connectivity index (χ1) is 13.1. The van der Waals surface area contributed by atoms with E-state index in [0.717, 1.165) is 5.39 Å². The van der Waals surface area contributed by atoms with Crippen LogP contribution in [-0.2, 0) is 15.4 Å². The van der Waals surface area contributed by atoms with Gasteiger partial charge >= 0.3 is 0 Å². The highest BCUT2D eigenvalue weighted by molar-refractivity contribution is 7.91. The lowest BCUT2D eigenvalue weighted by Crippen LogP contribution is -2.22. The van der Waals surface area contributed by atoms with E-state index in [4.69, 9.17) is 21.9 Å². The van der Waals surface area contributed by atoms with Gasteiger partial charge in [-0.05, 0) is 49.7 Å². The lowest BCUT2D eigenvalue weighted by atomic mass is 9.94. The van der Waals surface area contributed by atoms with E-state index in [1.54, 1.807) is 39.1 Å². The van der Waals surface area contributed by atoms with Crippen LogP contribution in [0.25, 0.3) is 21.2 Å². The maximum atomic E-state index is 11.8. The Labute approximate surface area is 169 Å². The van der Waals surface area contributed by atoms with Crippen LogP contribution in [0.3, 0.4) is 0 Å². The van der Waals surface area contributed by atoms with Gasteiger partial charge in [-0.1, -0.05) is 30.6 Å². The van der Waals surface area contributed by atoms with Crippen LogP contribution in [0.2, 0.25) is 5.15 Å². The number of ether oxygens (including phenoxy) is 1. The summed E-state index contributed by atoms with van der Waals surface area (Å²) in [5.41, 5.74) is 8.64. The molecular weight excluding hydrogens is 402 g/mol. The first kappa shape index (κ1) is 22.2. The van der Waals surface area contributed by atoms with Crippen molar-refractivity contribution in [3.8, 4) is 5.88 Å². The predicted octanol–water partition coefficient (Wildman–Crippen LogP) is 4.81. The summed E-state index contributed by atoms with van der Waals surface area (Å²) >= 11 is 6.03. The minimum absolute atomic E-state index is 0.0395. The minimum atomic E-state index is -3.08. The van der Waals surface area contributed by atoms with Gasteiger partial charge in [0.1, 0.15) is 15.0 Å². The van der Waals surface area contributed by atoms with Crippen molar-refractivity contribution in [1.82, 2.24) is 9.97 Å². The van der Waals surface area contributed by atoms with E-state index in [0.29, 0.717) is 35.0 Å². The summed E-state index contributed by atoms with van der Waals surface area (Å²) in [6.45, 7) is 7.11. The van der Waals surface area contributed by atoms with Crippen LogP contribution in [0.5, 0.6) is 5.88 Å². The normalized spacial score (nSPS) is 14.9. The summed E-state index contributed by atoms with van der Waals surface area (Å²) in [4.78, 5) is 11.6. The Kier molecular flexibility index (Phi) is 7.09. The van der Waals surface area contributed by atoms with Crippen molar-refractivity contribution in [3.63, 3.8) is 0 Å². The van der Waals surface area contributed by atoms with Gasteiger partial charge in [0.15, 0.2) is 0 Å². The van der Waals surface area contributed by atoms with Crippen molar-refractivity contribution >= 4 is 32.2 Å². The highest BCUT2D eigenvalue weighted by Crippen LogP contribution is 2.34. The molecule has 10 heteroatoms. The second kappa shape index (κ2) is 8.94.